The van der Waals surface area contributed by atoms with E-state index in [-0.39, 0.29) is 23.9 Å². The summed E-state index contributed by atoms with van der Waals surface area (Å²) >= 11 is 6.13. The second-order valence-corrected chi connectivity index (χ2v) is 10.8. The molecule has 0 aromatic heterocycles. The van der Waals surface area contributed by atoms with Crippen LogP contribution in [0, 0.1) is 0 Å². The summed E-state index contributed by atoms with van der Waals surface area (Å²) in [5, 5.41) is 3.21. The summed E-state index contributed by atoms with van der Waals surface area (Å²) in [6, 6.07) is 13.5. The Labute approximate surface area is 219 Å². The minimum atomic E-state index is -3.89. The van der Waals surface area contributed by atoms with Gasteiger partial charge in [0.05, 0.1) is 19.1 Å². The Hall–Kier alpha value is -2.78. The molecule has 1 N–H and O–H groups in total. The number of nitrogens with one attached hydrogen (secondary N) is 1. The second kappa shape index (κ2) is 14.1. The van der Waals surface area contributed by atoms with E-state index >= 15 is 0 Å². The van der Waals surface area contributed by atoms with Crippen LogP contribution in [0.15, 0.2) is 48.5 Å². The van der Waals surface area contributed by atoms with Gasteiger partial charge in [-0.2, -0.15) is 0 Å². The Bertz CT molecular complexity index is 1110. The van der Waals surface area contributed by atoms with Crippen molar-refractivity contribution in [3.05, 3.63) is 59.1 Å². The number of hydrogen-bond donors (Lipinski definition) is 1. The van der Waals surface area contributed by atoms with Gasteiger partial charge in [-0.25, -0.2) is 8.42 Å². The van der Waals surface area contributed by atoms with Crippen LogP contribution in [0.4, 0.5) is 5.69 Å². The first-order valence-electron chi connectivity index (χ1n) is 12.0. The zero-order chi connectivity index (χ0) is 26.7. The van der Waals surface area contributed by atoms with Crippen LogP contribution in [-0.4, -0.2) is 64.2 Å². The predicted molar refractivity (Wildman–Crippen MR) is 144 cm³/mol. The highest BCUT2D eigenvalue weighted by molar-refractivity contribution is 7.92. The zero-order valence-corrected chi connectivity index (χ0v) is 22.9. The van der Waals surface area contributed by atoms with Crippen LogP contribution in [0.3, 0.4) is 0 Å². The summed E-state index contributed by atoms with van der Waals surface area (Å²) in [7, 11) is -2.47. The maximum absolute atomic E-state index is 13.7. The average molecular weight is 538 g/mol. The van der Waals surface area contributed by atoms with E-state index in [1.807, 2.05) is 44.2 Å². The highest BCUT2D eigenvalue weighted by atomic mass is 35.5. The van der Waals surface area contributed by atoms with Gasteiger partial charge in [-0.3, -0.25) is 13.9 Å². The monoisotopic (exact) mass is 537 g/mol. The summed E-state index contributed by atoms with van der Waals surface area (Å²) in [5.74, 6) is -0.479. The Morgan fingerprint density at radius 3 is 2.39 bits per heavy atom. The molecule has 2 aromatic rings. The Morgan fingerprint density at radius 2 is 1.81 bits per heavy atom. The Kier molecular flexibility index (Phi) is 11.5. The van der Waals surface area contributed by atoms with Gasteiger partial charge < -0.3 is 15.0 Å². The quantitative estimate of drug-likeness (QED) is 0.369. The molecule has 2 aromatic carbocycles. The van der Waals surface area contributed by atoms with Crippen LogP contribution in [0.2, 0.25) is 5.02 Å². The van der Waals surface area contributed by atoms with E-state index < -0.39 is 28.5 Å². The number of anilines is 1. The predicted octanol–water partition coefficient (Wildman–Crippen LogP) is 3.88. The molecule has 0 aliphatic carbocycles. The van der Waals surface area contributed by atoms with Crippen molar-refractivity contribution in [2.45, 2.75) is 45.6 Å². The van der Waals surface area contributed by atoms with Crippen LogP contribution < -0.4 is 14.4 Å². The van der Waals surface area contributed by atoms with Gasteiger partial charge in [0.15, 0.2) is 0 Å². The fourth-order valence-corrected chi connectivity index (χ4v) is 4.87. The fraction of sp³-hybridized carbons (Fsp3) is 0.462. The third-order valence-corrected chi connectivity index (χ3v) is 7.15. The van der Waals surface area contributed by atoms with Gasteiger partial charge in [0, 0.05) is 18.1 Å². The van der Waals surface area contributed by atoms with E-state index in [0.29, 0.717) is 24.4 Å². The molecule has 2 amide bonds. The standard InChI is InChI=1S/C26H36ClN3O5S/c1-5-7-16-28-26(32)22(6-2)29(17-15-20-11-9-8-10-12-20)25(31)19-30(36(4,33)34)23-18-21(27)13-14-24(23)35-3/h8-14,18,22H,5-7,15-17,19H2,1-4H3,(H,28,32)/t22-/m0/s1. The first-order valence-corrected chi connectivity index (χ1v) is 14.3. The molecule has 0 bridgehead atoms. The van der Waals surface area contributed by atoms with Crippen LogP contribution >= 0.6 is 11.6 Å². The molecule has 1 atom stereocenters. The zero-order valence-electron chi connectivity index (χ0n) is 21.4. The number of halogens is 1. The molecule has 2 rings (SSSR count). The summed E-state index contributed by atoms with van der Waals surface area (Å²) in [5.41, 5.74) is 1.16. The van der Waals surface area contributed by atoms with Gasteiger partial charge in [-0.1, -0.05) is 62.2 Å². The van der Waals surface area contributed by atoms with Crippen LogP contribution in [0.1, 0.15) is 38.7 Å². The molecule has 0 radical (unpaired) electrons. The molecule has 0 heterocycles. The molecule has 0 unspecified atom stereocenters. The minimum Gasteiger partial charge on any atom is -0.495 e. The van der Waals surface area contributed by atoms with Gasteiger partial charge >= 0.3 is 0 Å². The molecular weight excluding hydrogens is 502 g/mol. The lowest BCUT2D eigenvalue weighted by Gasteiger charge is -2.33. The summed E-state index contributed by atoms with van der Waals surface area (Å²) < 4.78 is 31.8. The molecule has 0 fully saturated rings. The Morgan fingerprint density at radius 1 is 1.11 bits per heavy atom. The minimum absolute atomic E-state index is 0.157. The van der Waals surface area contributed by atoms with Crippen molar-refractivity contribution in [2.75, 3.05) is 37.3 Å². The fourth-order valence-electron chi connectivity index (χ4n) is 3.85. The number of amides is 2. The number of hydrogen-bond acceptors (Lipinski definition) is 5. The van der Waals surface area contributed by atoms with Crippen molar-refractivity contribution in [1.29, 1.82) is 0 Å². The molecule has 198 valence electrons. The number of unbranched alkanes of at least 4 members (excludes halogenated alkanes) is 1. The van der Waals surface area contributed by atoms with Gasteiger partial charge in [0.2, 0.25) is 21.8 Å². The van der Waals surface area contributed by atoms with Gasteiger partial charge in [0.25, 0.3) is 0 Å². The SMILES string of the molecule is CCCCNC(=O)[C@H](CC)N(CCc1ccccc1)C(=O)CN(c1cc(Cl)ccc1OC)S(C)(=O)=O. The molecule has 8 nitrogen and oxygen atoms in total. The van der Waals surface area contributed by atoms with Crippen molar-refractivity contribution in [3.63, 3.8) is 0 Å². The largest absolute Gasteiger partial charge is 0.495 e. The van der Waals surface area contributed by atoms with E-state index in [9.17, 15) is 18.0 Å². The number of rotatable bonds is 14. The van der Waals surface area contributed by atoms with Gasteiger partial charge in [0.1, 0.15) is 18.3 Å². The first-order chi connectivity index (χ1) is 17.1. The number of carbonyl (C=O) groups excluding carboxylic acids is 2. The van der Waals surface area contributed by atoms with Crippen molar-refractivity contribution >= 4 is 39.1 Å². The third-order valence-electron chi connectivity index (χ3n) is 5.79. The molecule has 0 spiro atoms. The highest BCUT2D eigenvalue weighted by Crippen LogP contribution is 2.33. The number of sulfonamides is 1. The molecular formula is C26H36ClN3O5S. The lowest BCUT2D eigenvalue weighted by atomic mass is 10.1. The number of carbonyl (C=O) groups is 2. The topological polar surface area (TPSA) is 96.0 Å². The normalized spacial score (nSPS) is 12.0. The summed E-state index contributed by atoms with van der Waals surface area (Å²) in [6.07, 6.45) is 3.68. The number of methoxy groups -OCH3 is 1. The second-order valence-electron chi connectivity index (χ2n) is 8.48. The van der Waals surface area contributed by atoms with E-state index in [2.05, 4.69) is 5.32 Å². The molecule has 10 heteroatoms. The number of benzene rings is 2. The van der Waals surface area contributed by atoms with E-state index in [0.717, 1.165) is 29.0 Å². The highest BCUT2D eigenvalue weighted by Gasteiger charge is 2.32. The van der Waals surface area contributed by atoms with Crippen molar-refractivity contribution in [2.24, 2.45) is 0 Å². The Balaban J connectivity index is 2.40. The van der Waals surface area contributed by atoms with Crippen molar-refractivity contribution < 1.29 is 22.7 Å². The molecule has 0 saturated carbocycles. The number of ether oxygens (including phenoxy) is 1. The maximum atomic E-state index is 13.7. The van der Waals surface area contributed by atoms with Crippen LogP contribution in [-0.2, 0) is 26.0 Å². The van der Waals surface area contributed by atoms with Crippen LogP contribution in [0.25, 0.3) is 0 Å². The molecule has 36 heavy (non-hydrogen) atoms. The smallest absolute Gasteiger partial charge is 0.244 e. The lowest BCUT2D eigenvalue weighted by molar-refractivity contribution is -0.139. The third kappa shape index (κ3) is 8.41. The van der Waals surface area contributed by atoms with Crippen molar-refractivity contribution in [3.8, 4) is 5.75 Å². The van der Waals surface area contributed by atoms with E-state index in [1.54, 1.807) is 12.1 Å². The summed E-state index contributed by atoms with van der Waals surface area (Å²) in [6.45, 7) is 4.14. The maximum Gasteiger partial charge on any atom is 0.244 e. The molecule has 0 aliphatic heterocycles. The van der Waals surface area contributed by atoms with Crippen LogP contribution in [0.5, 0.6) is 5.75 Å². The summed E-state index contributed by atoms with van der Waals surface area (Å²) in [4.78, 5) is 28.2. The molecule has 0 saturated heterocycles. The first kappa shape index (κ1) is 29.5. The van der Waals surface area contributed by atoms with Crippen molar-refractivity contribution in [1.82, 2.24) is 10.2 Å². The van der Waals surface area contributed by atoms with E-state index in [1.165, 1.54) is 18.1 Å². The molecule has 0 aliphatic rings. The lowest BCUT2D eigenvalue weighted by Crippen LogP contribution is -2.53. The van der Waals surface area contributed by atoms with E-state index in [4.69, 9.17) is 16.3 Å². The average Bonchev–Trinajstić information content (AvgIpc) is 2.84. The number of nitrogens with zero attached hydrogens (tertiary/aromatic N) is 2. The van der Waals surface area contributed by atoms with Gasteiger partial charge in [-0.15, -0.1) is 0 Å². The van der Waals surface area contributed by atoms with Gasteiger partial charge in [-0.05, 0) is 43.0 Å².